The summed E-state index contributed by atoms with van der Waals surface area (Å²) in [5, 5.41) is 16.7. The summed E-state index contributed by atoms with van der Waals surface area (Å²) in [5.41, 5.74) is 3.79. The number of fused-ring (bicyclic) bond motifs is 1. The molecule has 4 aromatic rings. The van der Waals surface area contributed by atoms with Crippen molar-refractivity contribution in [2.45, 2.75) is 6.54 Å². The van der Waals surface area contributed by atoms with E-state index in [0.717, 1.165) is 22.2 Å². The molecule has 0 radical (unpaired) electrons. The van der Waals surface area contributed by atoms with Gasteiger partial charge in [-0.05, 0) is 17.2 Å². The Balaban J connectivity index is 1.82. The van der Waals surface area contributed by atoms with Crippen LogP contribution in [0.15, 0.2) is 72.9 Å². The molecule has 0 bridgehead atoms. The van der Waals surface area contributed by atoms with Crippen LogP contribution in [0.3, 0.4) is 0 Å². The molecule has 4 rings (SSSR count). The Labute approximate surface area is 149 Å². The lowest BCUT2D eigenvalue weighted by atomic mass is 10.1. The van der Waals surface area contributed by atoms with Crippen molar-refractivity contribution in [3.8, 4) is 11.1 Å². The summed E-state index contributed by atoms with van der Waals surface area (Å²) in [6.07, 6.45) is 1.75. The second kappa shape index (κ2) is 6.68. The van der Waals surface area contributed by atoms with Gasteiger partial charge >= 0.3 is 5.97 Å². The lowest BCUT2D eigenvalue weighted by Crippen LogP contribution is -2.12. The maximum Gasteiger partial charge on any atom is 0.375 e. The molecule has 0 atom stereocenters. The van der Waals surface area contributed by atoms with Crippen molar-refractivity contribution in [2.24, 2.45) is 0 Å². The van der Waals surface area contributed by atoms with Gasteiger partial charge in [-0.1, -0.05) is 60.7 Å². The lowest BCUT2D eigenvalue weighted by molar-refractivity contribution is 0.0681. The largest absolute Gasteiger partial charge is 0.475 e. The Morgan fingerprint density at radius 2 is 1.69 bits per heavy atom. The van der Waals surface area contributed by atoms with Crippen LogP contribution in [0.4, 0.5) is 5.82 Å². The summed E-state index contributed by atoms with van der Waals surface area (Å²) in [6.45, 7) is 0.534. The van der Waals surface area contributed by atoms with Gasteiger partial charge in [0, 0.05) is 18.3 Å². The highest BCUT2D eigenvalue weighted by Crippen LogP contribution is 2.29. The normalized spacial score (nSPS) is 10.8. The molecular weight excluding hydrogens is 328 g/mol. The number of aromatic carboxylic acids is 1. The van der Waals surface area contributed by atoms with Crippen LogP contribution in [0.2, 0.25) is 0 Å². The molecule has 0 aliphatic heterocycles. The molecular formula is C20H16N4O2. The average molecular weight is 344 g/mol. The van der Waals surface area contributed by atoms with Crippen LogP contribution in [0.1, 0.15) is 16.2 Å². The SMILES string of the molecule is O=C(O)c1nc(NCc2ccccc2)c2c(-c3ccccc3)ccn2n1. The first kappa shape index (κ1) is 15.8. The molecule has 6 nitrogen and oxygen atoms in total. The molecule has 0 aliphatic rings. The topological polar surface area (TPSA) is 79.5 Å². The van der Waals surface area contributed by atoms with Crippen molar-refractivity contribution < 1.29 is 9.90 Å². The summed E-state index contributed by atoms with van der Waals surface area (Å²) in [6, 6.07) is 21.7. The summed E-state index contributed by atoms with van der Waals surface area (Å²) >= 11 is 0. The van der Waals surface area contributed by atoms with Gasteiger partial charge in [0.05, 0.1) is 0 Å². The third kappa shape index (κ3) is 3.00. The molecule has 2 aromatic heterocycles. The average Bonchev–Trinajstić information content (AvgIpc) is 3.12. The van der Waals surface area contributed by atoms with Crippen molar-refractivity contribution >= 4 is 17.3 Å². The van der Waals surface area contributed by atoms with Crippen LogP contribution >= 0.6 is 0 Å². The van der Waals surface area contributed by atoms with Crippen LogP contribution in [-0.2, 0) is 6.54 Å². The molecule has 0 saturated carbocycles. The van der Waals surface area contributed by atoms with Gasteiger partial charge in [0.25, 0.3) is 5.82 Å². The fraction of sp³-hybridized carbons (Fsp3) is 0.0500. The second-order valence-corrected chi connectivity index (χ2v) is 5.82. The van der Waals surface area contributed by atoms with E-state index in [-0.39, 0.29) is 5.82 Å². The Morgan fingerprint density at radius 1 is 1.00 bits per heavy atom. The van der Waals surface area contributed by atoms with Crippen molar-refractivity contribution in [3.05, 3.63) is 84.3 Å². The standard InChI is InChI=1S/C20H16N4O2/c25-20(26)19-22-18(21-13-14-7-3-1-4-8-14)17-16(11-12-24(17)23-19)15-9-5-2-6-10-15/h1-12H,13H2,(H,25,26)(H,21,22,23). The summed E-state index contributed by atoms with van der Waals surface area (Å²) in [7, 11) is 0. The number of nitrogens with one attached hydrogen (secondary N) is 1. The van der Waals surface area contributed by atoms with Crippen molar-refractivity contribution in [2.75, 3.05) is 5.32 Å². The molecule has 0 unspecified atom stereocenters. The van der Waals surface area contributed by atoms with E-state index >= 15 is 0 Å². The summed E-state index contributed by atoms with van der Waals surface area (Å²) in [5.74, 6) is -0.919. The predicted molar refractivity (Wildman–Crippen MR) is 99.2 cm³/mol. The minimum Gasteiger partial charge on any atom is -0.475 e. The smallest absolute Gasteiger partial charge is 0.375 e. The molecule has 0 aliphatic carbocycles. The monoisotopic (exact) mass is 344 g/mol. The fourth-order valence-corrected chi connectivity index (χ4v) is 2.87. The predicted octanol–water partition coefficient (Wildman–Crippen LogP) is 3.71. The van der Waals surface area contributed by atoms with Gasteiger partial charge in [-0.25, -0.2) is 14.3 Å². The van der Waals surface area contributed by atoms with Crippen LogP contribution < -0.4 is 5.32 Å². The first-order chi connectivity index (χ1) is 12.7. The summed E-state index contributed by atoms with van der Waals surface area (Å²) < 4.78 is 1.56. The number of benzene rings is 2. The van der Waals surface area contributed by atoms with E-state index in [1.54, 1.807) is 10.7 Å². The Hall–Kier alpha value is -3.67. The second-order valence-electron chi connectivity index (χ2n) is 5.82. The number of hydrogen-bond acceptors (Lipinski definition) is 4. The van der Waals surface area contributed by atoms with E-state index in [2.05, 4.69) is 15.4 Å². The van der Waals surface area contributed by atoms with Gasteiger partial charge in [0.15, 0.2) is 5.82 Å². The van der Waals surface area contributed by atoms with Crippen LogP contribution in [0.25, 0.3) is 16.6 Å². The number of nitrogens with zero attached hydrogens (tertiary/aromatic N) is 3. The highest BCUT2D eigenvalue weighted by Gasteiger charge is 2.17. The molecule has 26 heavy (non-hydrogen) atoms. The maximum atomic E-state index is 11.4. The Morgan fingerprint density at radius 3 is 2.38 bits per heavy atom. The number of carbonyl (C=O) groups is 1. The number of rotatable bonds is 5. The zero-order valence-corrected chi connectivity index (χ0v) is 13.8. The van der Waals surface area contributed by atoms with Crippen molar-refractivity contribution in [1.29, 1.82) is 0 Å². The molecule has 0 amide bonds. The van der Waals surface area contributed by atoms with E-state index in [4.69, 9.17) is 0 Å². The van der Waals surface area contributed by atoms with Crippen LogP contribution in [0.5, 0.6) is 0 Å². The Kier molecular flexibility index (Phi) is 4.07. The van der Waals surface area contributed by atoms with Crippen molar-refractivity contribution in [1.82, 2.24) is 14.6 Å². The molecule has 0 saturated heterocycles. The van der Waals surface area contributed by atoms with Crippen molar-refractivity contribution in [3.63, 3.8) is 0 Å². The Bertz CT molecular complexity index is 1060. The number of anilines is 1. The molecule has 2 N–H and O–H groups in total. The molecule has 6 heteroatoms. The first-order valence-corrected chi connectivity index (χ1v) is 8.18. The molecule has 2 heterocycles. The minimum atomic E-state index is -1.16. The zero-order valence-electron chi connectivity index (χ0n) is 13.8. The first-order valence-electron chi connectivity index (χ1n) is 8.18. The fourth-order valence-electron chi connectivity index (χ4n) is 2.87. The minimum absolute atomic E-state index is 0.247. The van der Waals surface area contributed by atoms with E-state index in [1.807, 2.05) is 66.7 Å². The number of aromatic nitrogens is 3. The van der Waals surface area contributed by atoms with Gasteiger partial charge in [0.2, 0.25) is 0 Å². The molecule has 0 spiro atoms. The molecule has 0 fully saturated rings. The number of carboxylic acids is 1. The number of carboxylic acid groups (broad SMARTS) is 1. The van der Waals surface area contributed by atoms with E-state index in [1.165, 1.54) is 0 Å². The highest BCUT2D eigenvalue weighted by molar-refractivity contribution is 5.90. The third-order valence-electron chi connectivity index (χ3n) is 4.09. The van der Waals surface area contributed by atoms with E-state index < -0.39 is 5.97 Å². The van der Waals surface area contributed by atoms with E-state index in [9.17, 15) is 9.90 Å². The van der Waals surface area contributed by atoms with Gasteiger partial charge in [0.1, 0.15) is 5.52 Å². The maximum absolute atomic E-state index is 11.4. The molecule has 128 valence electrons. The van der Waals surface area contributed by atoms with Gasteiger partial charge < -0.3 is 10.4 Å². The van der Waals surface area contributed by atoms with Gasteiger partial charge in [-0.3, -0.25) is 0 Å². The van der Waals surface area contributed by atoms with Gasteiger partial charge in [-0.15, -0.1) is 5.10 Å². The van der Waals surface area contributed by atoms with Gasteiger partial charge in [-0.2, -0.15) is 0 Å². The molecule has 2 aromatic carbocycles. The summed E-state index contributed by atoms with van der Waals surface area (Å²) in [4.78, 5) is 15.6. The highest BCUT2D eigenvalue weighted by atomic mass is 16.4. The number of hydrogen-bond donors (Lipinski definition) is 2. The zero-order chi connectivity index (χ0) is 17.9. The van der Waals surface area contributed by atoms with Crippen LogP contribution in [0, 0.1) is 0 Å². The quantitative estimate of drug-likeness (QED) is 0.577. The van der Waals surface area contributed by atoms with E-state index in [0.29, 0.717) is 12.4 Å². The van der Waals surface area contributed by atoms with Crippen LogP contribution in [-0.4, -0.2) is 25.7 Å². The third-order valence-corrected chi connectivity index (χ3v) is 4.09. The lowest BCUT2D eigenvalue weighted by Gasteiger charge is -2.10.